The van der Waals surface area contributed by atoms with Crippen LogP contribution in [-0.2, 0) is 0 Å². The number of aromatic nitrogens is 5. The predicted molar refractivity (Wildman–Crippen MR) is 94.7 cm³/mol. The third-order valence-corrected chi connectivity index (χ3v) is 4.88. The Labute approximate surface area is 153 Å². The maximum absolute atomic E-state index is 12.5. The van der Waals surface area contributed by atoms with Crippen LogP contribution in [0.5, 0.6) is 0 Å². The highest BCUT2D eigenvalue weighted by Gasteiger charge is 2.29. The molecule has 1 saturated heterocycles. The minimum absolute atomic E-state index is 0.0172. The van der Waals surface area contributed by atoms with Crippen molar-refractivity contribution in [1.82, 2.24) is 29.4 Å². The standard InChI is InChI=1S/C16H17N7O2S/c1-10-18-15(26-22-10)20-16(24)23-7-3-5-12(9-23)14-19-13(21-25-14)11-4-2-6-17-8-11/h2,4,6,8,12H,3,5,7,9H2,1H3,(H,18,20,22,24). The molecule has 2 amide bonds. The Morgan fingerprint density at radius 1 is 1.42 bits per heavy atom. The number of amides is 2. The molecule has 26 heavy (non-hydrogen) atoms. The van der Waals surface area contributed by atoms with Gasteiger partial charge in [0.05, 0.1) is 5.92 Å². The molecule has 0 bridgehead atoms. The van der Waals surface area contributed by atoms with Crippen LogP contribution in [0.25, 0.3) is 11.4 Å². The van der Waals surface area contributed by atoms with Crippen LogP contribution in [0.15, 0.2) is 29.0 Å². The predicted octanol–water partition coefficient (Wildman–Crippen LogP) is 2.70. The van der Waals surface area contributed by atoms with Crippen molar-refractivity contribution >= 4 is 22.7 Å². The van der Waals surface area contributed by atoms with Crippen LogP contribution in [0, 0.1) is 6.92 Å². The largest absolute Gasteiger partial charge is 0.339 e. The second-order valence-electron chi connectivity index (χ2n) is 6.06. The summed E-state index contributed by atoms with van der Waals surface area (Å²) >= 11 is 1.17. The van der Waals surface area contributed by atoms with Crippen LogP contribution in [0.3, 0.4) is 0 Å². The van der Waals surface area contributed by atoms with Gasteiger partial charge in [0.15, 0.2) is 0 Å². The molecule has 1 unspecified atom stereocenters. The summed E-state index contributed by atoms with van der Waals surface area (Å²) in [5.41, 5.74) is 0.805. The lowest BCUT2D eigenvalue weighted by Gasteiger charge is -2.30. The Morgan fingerprint density at radius 3 is 3.12 bits per heavy atom. The van der Waals surface area contributed by atoms with Crippen molar-refractivity contribution in [2.75, 3.05) is 18.4 Å². The van der Waals surface area contributed by atoms with Gasteiger partial charge in [-0.15, -0.1) is 0 Å². The Morgan fingerprint density at radius 2 is 2.35 bits per heavy atom. The fourth-order valence-corrected chi connectivity index (χ4v) is 3.46. The van der Waals surface area contributed by atoms with Crippen molar-refractivity contribution in [2.24, 2.45) is 0 Å². The van der Waals surface area contributed by atoms with Gasteiger partial charge in [0.1, 0.15) is 5.82 Å². The van der Waals surface area contributed by atoms with E-state index in [1.165, 1.54) is 11.5 Å². The zero-order chi connectivity index (χ0) is 17.9. The van der Waals surface area contributed by atoms with Crippen LogP contribution >= 0.6 is 11.5 Å². The SMILES string of the molecule is Cc1nsc(NC(=O)N2CCCC(c3nc(-c4cccnc4)no3)C2)n1. The Balaban J connectivity index is 1.43. The van der Waals surface area contributed by atoms with Crippen LogP contribution in [0.2, 0.25) is 0 Å². The van der Waals surface area contributed by atoms with Gasteiger partial charge in [-0.1, -0.05) is 5.16 Å². The van der Waals surface area contributed by atoms with E-state index >= 15 is 0 Å². The smallest absolute Gasteiger partial charge is 0.323 e. The molecule has 3 aromatic heterocycles. The third kappa shape index (κ3) is 3.54. The van der Waals surface area contributed by atoms with E-state index in [2.05, 4.69) is 29.8 Å². The minimum atomic E-state index is -0.183. The molecule has 0 aliphatic carbocycles. The lowest BCUT2D eigenvalue weighted by atomic mass is 9.98. The highest BCUT2D eigenvalue weighted by Crippen LogP contribution is 2.27. The van der Waals surface area contributed by atoms with E-state index in [9.17, 15) is 4.79 Å². The topological polar surface area (TPSA) is 110 Å². The first-order valence-corrected chi connectivity index (χ1v) is 9.06. The normalized spacial score (nSPS) is 17.3. The number of carbonyl (C=O) groups is 1. The van der Waals surface area contributed by atoms with Crippen molar-refractivity contribution in [3.05, 3.63) is 36.2 Å². The summed E-state index contributed by atoms with van der Waals surface area (Å²) in [4.78, 5) is 26.9. The zero-order valence-corrected chi connectivity index (χ0v) is 14.9. The van der Waals surface area contributed by atoms with E-state index < -0.39 is 0 Å². The van der Waals surface area contributed by atoms with Gasteiger partial charge in [0.2, 0.25) is 16.8 Å². The van der Waals surface area contributed by atoms with E-state index in [4.69, 9.17) is 4.52 Å². The number of urea groups is 1. The number of aryl methyl sites for hydroxylation is 1. The summed E-state index contributed by atoms with van der Waals surface area (Å²) in [5.74, 6) is 1.73. The number of piperidine rings is 1. The number of nitrogens with zero attached hydrogens (tertiary/aromatic N) is 6. The number of nitrogens with one attached hydrogen (secondary N) is 1. The van der Waals surface area contributed by atoms with E-state index in [0.29, 0.717) is 35.8 Å². The average Bonchev–Trinajstić information content (AvgIpc) is 3.32. The van der Waals surface area contributed by atoms with Gasteiger partial charge in [-0.3, -0.25) is 10.3 Å². The van der Waals surface area contributed by atoms with Gasteiger partial charge in [-0.25, -0.2) is 9.78 Å². The third-order valence-electron chi connectivity index (χ3n) is 4.16. The molecule has 9 nitrogen and oxygen atoms in total. The number of hydrogen-bond donors (Lipinski definition) is 1. The molecule has 3 aromatic rings. The molecule has 1 aliphatic heterocycles. The van der Waals surface area contributed by atoms with Gasteiger partial charge in [-0.05, 0) is 31.9 Å². The van der Waals surface area contributed by atoms with Crippen LogP contribution in [0.1, 0.15) is 30.5 Å². The summed E-state index contributed by atoms with van der Waals surface area (Å²) in [7, 11) is 0. The van der Waals surface area contributed by atoms with Crippen molar-refractivity contribution in [3.8, 4) is 11.4 Å². The molecule has 4 heterocycles. The second-order valence-corrected chi connectivity index (χ2v) is 6.81. The summed E-state index contributed by atoms with van der Waals surface area (Å²) in [6.45, 7) is 3.00. The van der Waals surface area contributed by atoms with Crippen LogP contribution < -0.4 is 5.32 Å². The highest BCUT2D eigenvalue weighted by atomic mass is 32.1. The number of anilines is 1. The zero-order valence-electron chi connectivity index (χ0n) is 14.1. The van der Waals surface area contributed by atoms with E-state index in [1.54, 1.807) is 24.2 Å². The van der Waals surface area contributed by atoms with Gasteiger partial charge >= 0.3 is 6.03 Å². The van der Waals surface area contributed by atoms with Crippen molar-refractivity contribution in [3.63, 3.8) is 0 Å². The molecule has 1 fully saturated rings. The molecule has 0 spiro atoms. The summed E-state index contributed by atoms with van der Waals surface area (Å²) in [5, 5.41) is 7.34. The first-order chi connectivity index (χ1) is 12.7. The minimum Gasteiger partial charge on any atom is -0.339 e. The van der Waals surface area contributed by atoms with Crippen molar-refractivity contribution < 1.29 is 9.32 Å². The van der Waals surface area contributed by atoms with Gasteiger partial charge in [0, 0.05) is 42.6 Å². The molecule has 10 heteroatoms. The fourth-order valence-electron chi connectivity index (χ4n) is 2.89. The number of carbonyl (C=O) groups excluding carboxylic acids is 1. The van der Waals surface area contributed by atoms with Gasteiger partial charge < -0.3 is 9.42 Å². The molecule has 0 saturated carbocycles. The molecule has 4 rings (SSSR count). The first-order valence-electron chi connectivity index (χ1n) is 8.29. The maximum Gasteiger partial charge on any atom is 0.323 e. The van der Waals surface area contributed by atoms with Crippen molar-refractivity contribution in [1.29, 1.82) is 0 Å². The van der Waals surface area contributed by atoms with Gasteiger partial charge in [0.25, 0.3) is 0 Å². The number of pyridine rings is 1. The number of rotatable bonds is 3. The van der Waals surface area contributed by atoms with Gasteiger partial charge in [-0.2, -0.15) is 9.36 Å². The molecule has 1 aliphatic rings. The molecule has 1 atom stereocenters. The molecular formula is C16H17N7O2S. The highest BCUT2D eigenvalue weighted by molar-refractivity contribution is 7.09. The molecule has 0 aromatic carbocycles. The monoisotopic (exact) mass is 371 g/mol. The Kier molecular flexibility index (Phi) is 4.57. The van der Waals surface area contributed by atoms with E-state index in [0.717, 1.165) is 18.4 Å². The lowest BCUT2D eigenvalue weighted by Crippen LogP contribution is -2.41. The first kappa shape index (κ1) is 16.6. The fraction of sp³-hybridized carbons (Fsp3) is 0.375. The second kappa shape index (κ2) is 7.16. The molecule has 1 N–H and O–H groups in total. The summed E-state index contributed by atoms with van der Waals surface area (Å²) in [6.07, 6.45) is 5.16. The average molecular weight is 371 g/mol. The lowest BCUT2D eigenvalue weighted by molar-refractivity contribution is 0.184. The van der Waals surface area contributed by atoms with Crippen LogP contribution in [0.4, 0.5) is 9.93 Å². The Bertz CT molecular complexity index is 895. The molecule has 134 valence electrons. The quantitative estimate of drug-likeness (QED) is 0.753. The summed E-state index contributed by atoms with van der Waals surface area (Å²) < 4.78 is 9.51. The Hall–Kier alpha value is -2.88. The molecular weight excluding hydrogens is 354 g/mol. The molecule has 0 radical (unpaired) electrons. The maximum atomic E-state index is 12.5. The summed E-state index contributed by atoms with van der Waals surface area (Å²) in [6, 6.07) is 3.53. The number of likely N-dealkylation sites (tertiary alicyclic amines) is 1. The van der Waals surface area contributed by atoms with Crippen molar-refractivity contribution in [2.45, 2.75) is 25.7 Å². The van der Waals surface area contributed by atoms with Crippen LogP contribution in [-0.4, -0.2) is 48.5 Å². The van der Waals surface area contributed by atoms with E-state index in [-0.39, 0.29) is 11.9 Å². The van der Waals surface area contributed by atoms with E-state index in [1.807, 2.05) is 12.1 Å². The number of hydrogen-bond acceptors (Lipinski definition) is 8.